The lowest BCUT2D eigenvalue weighted by Gasteiger charge is -2.71. The van der Waals surface area contributed by atoms with Crippen LogP contribution in [0.25, 0.3) is 0 Å². The Bertz CT molecular complexity index is 1770. The summed E-state index contributed by atoms with van der Waals surface area (Å²) >= 11 is 0. The fourth-order valence-electron chi connectivity index (χ4n) is 14.6. The Labute approximate surface area is 369 Å². The third-order valence-corrected chi connectivity index (χ3v) is 18.6. The van der Waals surface area contributed by atoms with Crippen LogP contribution >= 0.6 is 0 Å². The smallest absolute Gasteiger partial charge is 0.335 e. The summed E-state index contributed by atoms with van der Waals surface area (Å²) in [5, 5.41) is 95.6. The largest absolute Gasteiger partial charge is 0.481 e. The minimum absolute atomic E-state index is 0.00829. The fraction of sp³-hybridized carbons (Fsp3) is 0.913. The van der Waals surface area contributed by atoms with Crippen molar-refractivity contribution in [2.24, 2.45) is 50.2 Å². The van der Waals surface area contributed by atoms with Gasteiger partial charge in [-0.3, -0.25) is 4.79 Å². The molecule has 4 saturated carbocycles. The van der Waals surface area contributed by atoms with E-state index in [9.17, 15) is 55.5 Å². The first-order valence-corrected chi connectivity index (χ1v) is 23.1. The summed E-state index contributed by atoms with van der Waals surface area (Å²) in [5.74, 6) is -1.84. The number of allylic oxidation sites excluding steroid dienone is 2. The van der Waals surface area contributed by atoms with E-state index in [1.807, 2.05) is 0 Å². The third-order valence-electron chi connectivity index (χ3n) is 18.6. The second-order valence-electron chi connectivity index (χ2n) is 22.6. The molecule has 0 aromatic carbocycles. The molecule has 3 aliphatic heterocycles. The van der Waals surface area contributed by atoms with Crippen molar-refractivity contribution in [1.29, 1.82) is 0 Å². The normalized spacial score (nSPS) is 52.9. The Hall–Kier alpha value is -1.84. The van der Waals surface area contributed by atoms with E-state index in [0.29, 0.717) is 19.3 Å². The van der Waals surface area contributed by atoms with Gasteiger partial charge in [-0.2, -0.15) is 0 Å². The zero-order chi connectivity index (χ0) is 46.0. The average molecular weight is 897 g/mol. The number of aliphatic carboxylic acids is 2. The molecule has 0 aromatic rings. The number of ether oxygens (including phenoxy) is 6. The molecular formula is C46H72O17. The summed E-state index contributed by atoms with van der Waals surface area (Å²) in [6, 6.07) is 0. The van der Waals surface area contributed by atoms with Crippen molar-refractivity contribution >= 4 is 11.9 Å². The van der Waals surface area contributed by atoms with Gasteiger partial charge in [-0.1, -0.05) is 60.1 Å². The first-order valence-electron chi connectivity index (χ1n) is 23.1. The lowest BCUT2D eigenvalue weighted by atomic mass is 9.33. The van der Waals surface area contributed by atoms with Crippen LogP contribution in [0.2, 0.25) is 0 Å². The maximum Gasteiger partial charge on any atom is 0.335 e. The van der Waals surface area contributed by atoms with E-state index in [1.165, 1.54) is 5.57 Å². The van der Waals surface area contributed by atoms with Crippen molar-refractivity contribution in [3.8, 4) is 0 Å². The minimum Gasteiger partial charge on any atom is -0.481 e. The van der Waals surface area contributed by atoms with Crippen molar-refractivity contribution in [3.63, 3.8) is 0 Å². The number of rotatable bonds is 8. The van der Waals surface area contributed by atoms with E-state index in [1.54, 1.807) is 0 Å². The van der Waals surface area contributed by atoms with E-state index < -0.39 is 122 Å². The van der Waals surface area contributed by atoms with Crippen LogP contribution in [0.3, 0.4) is 0 Å². The molecule has 9 N–H and O–H groups in total. The molecule has 63 heavy (non-hydrogen) atoms. The maximum atomic E-state index is 13.1. The molecule has 0 spiro atoms. The Morgan fingerprint density at radius 2 is 1.24 bits per heavy atom. The van der Waals surface area contributed by atoms with Crippen LogP contribution in [-0.2, 0) is 38.0 Å². The van der Waals surface area contributed by atoms with Gasteiger partial charge in [-0.05, 0) is 109 Å². The summed E-state index contributed by atoms with van der Waals surface area (Å²) in [6.45, 7) is 15.2. The van der Waals surface area contributed by atoms with Crippen molar-refractivity contribution in [3.05, 3.63) is 11.6 Å². The van der Waals surface area contributed by atoms with Crippen molar-refractivity contribution in [1.82, 2.24) is 0 Å². The molecule has 3 saturated heterocycles. The van der Waals surface area contributed by atoms with Gasteiger partial charge >= 0.3 is 11.9 Å². The number of aliphatic hydroxyl groups is 7. The van der Waals surface area contributed by atoms with Crippen LogP contribution in [0.4, 0.5) is 0 Å². The SMILES string of the molecule is CC1(C)CC[C@]2(C(=O)O)CC[C@]3(C)C(=CC[C@@H]4[C@@]5(C)CC[C@H](O[C@@H]6O[C@H](C(=O)O)[C@@H](O)[C@H](O[C@@H]7OC[C@@H](O)[C@H](O)[C@H]7O)[C@H]6O[C@@H]6OC[C@@H](O)[C@H](O)[C@H]6O)C(C)(C)[C@@H]5CC[C@]43C)[C@H]2C1. The van der Waals surface area contributed by atoms with Gasteiger partial charge in [0.15, 0.2) is 25.0 Å². The molecule has 0 aromatic heterocycles. The molecule has 7 fully saturated rings. The molecule has 0 unspecified atom stereocenters. The molecule has 358 valence electrons. The van der Waals surface area contributed by atoms with Crippen LogP contribution < -0.4 is 0 Å². The number of fused-ring (bicyclic) bond motifs is 7. The molecule has 17 heteroatoms. The highest BCUT2D eigenvalue weighted by molar-refractivity contribution is 5.76. The molecule has 8 aliphatic rings. The predicted octanol–water partition coefficient (Wildman–Crippen LogP) is 2.08. The molecule has 0 radical (unpaired) electrons. The molecule has 5 aliphatic carbocycles. The molecular weight excluding hydrogens is 824 g/mol. The highest BCUT2D eigenvalue weighted by atomic mass is 16.8. The molecule has 8 rings (SSSR count). The van der Waals surface area contributed by atoms with Gasteiger partial charge in [0.05, 0.1) is 24.7 Å². The Morgan fingerprint density at radius 3 is 1.83 bits per heavy atom. The number of aliphatic hydroxyl groups excluding tert-OH is 7. The quantitative estimate of drug-likeness (QED) is 0.125. The van der Waals surface area contributed by atoms with Crippen molar-refractivity contribution < 1.29 is 84.0 Å². The standard InChI is InChI=1S/C46H72O17/c1-41(2)14-16-46(40(56)57)17-15-44(6)21(22(46)18-41)8-9-26-43(5)12-11-27(42(3,4)25(43)10-13-45(26,44)7)60-39-35(63-38-31(52)29(50)24(48)20-59-38)33(32(53)34(62-39)36(54)55)61-37-30(51)28(49)23(47)19-58-37/h8,22-35,37-39,47-53H,9-20H2,1-7H3,(H,54,55)(H,56,57)/t22-,23-,24-,25+,26-,27+,28+,29+,30-,31-,32+,33+,34+,35-,37+,38+,39-,43+,44-,45-,46+/m1/s1. The Balaban J connectivity index is 1.09. The van der Waals surface area contributed by atoms with Crippen molar-refractivity contribution in [2.45, 2.75) is 199 Å². The topological polar surface area (TPSA) is 272 Å². The lowest BCUT2D eigenvalue weighted by Crippen LogP contribution is -2.68. The maximum absolute atomic E-state index is 13.1. The number of hydrogen-bond acceptors (Lipinski definition) is 15. The highest BCUT2D eigenvalue weighted by Crippen LogP contribution is 2.76. The Morgan fingerprint density at radius 1 is 0.651 bits per heavy atom. The van der Waals surface area contributed by atoms with Crippen LogP contribution in [0.1, 0.15) is 113 Å². The zero-order valence-electron chi connectivity index (χ0n) is 37.7. The molecule has 21 atom stereocenters. The molecule has 3 heterocycles. The van der Waals surface area contributed by atoms with Gasteiger partial charge < -0.3 is 74.4 Å². The number of hydrogen-bond donors (Lipinski definition) is 9. The van der Waals surface area contributed by atoms with Gasteiger partial charge in [0, 0.05) is 0 Å². The van der Waals surface area contributed by atoms with Crippen LogP contribution in [0.5, 0.6) is 0 Å². The third kappa shape index (κ3) is 7.46. The average Bonchev–Trinajstić information content (AvgIpc) is 3.20. The summed E-state index contributed by atoms with van der Waals surface area (Å²) in [4.78, 5) is 25.8. The van der Waals surface area contributed by atoms with Gasteiger partial charge in [-0.15, -0.1) is 0 Å². The number of carboxylic acid groups (broad SMARTS) is 2. The summed E-state index contributed by atoms with van der Waals surface area (Å²) < 4.78 is 36.2. The second kappa shape index (κ2) is 16.4. The molecule has 17 nitrogen and oxygen atoms in total. The number of carbonyl (C=O) groups is 2. The van der Waals surface area contributed by atoms with Gasteiger partial charge in [0.2, 0.25) is 0 Å². The Kier molecular flexibility index (Phi) is 12.4. The van der Waals surface area contributed by atoms with Gasteiger partial charge in [-0.25, -0.2) is 4.79 Å². The summed E-state index contributed by atoms with van der Waals surface area (Å²) in [6.07, 6.45) is -12.4. The van der Waals surface area contributed by atoms with Gasteiger partial charge in [0.25, 0.3) is 0 Å². The first kappa shape index (κ1) is 47.6. The fourth-order valence-corrected chi connectivity index (χ4v) is 14.6. The second-order valence-corrected chi connectivity index (χ2v) is 22.6. The van der Waals surface area contributed by atoms with Gasteiger partial charge in [0.1, 0.15) is 54.9 Å². The van der Waals surface area contributed by atoms with Crippen LogP contribution in [0.15, 0.2) is 11.6 Å². The minimum atomic E-state index is -1.99. The monoisotopic (exact) mass is 896 g/mol. The summed E-state index contributed by atoms with van der Waals surface area (Å²) in [7, 11) is 0. The van der Waals surface area contributed by atoms with Crippen LogP contribution in [-0.4, -0.2) is 157 Å². The van der Waals surface area contributed by atoms with E-state index in [-0.39, 0.29) is 39.4 Å². The molecule has 0 bridgehead atoms. The molecule has 0 amide bonds. The van der Waals surface area contributed by atoms with Crippen molar-refractivity contribution in [2.75, 3.05) is 13.2 Å². The van der Waals surface area contributed by atoms with Crippen LogP contribution in [0, 0.1) is 50.2 Å². The van der Waals surface area contributed by atoms with E-state index in [4.69, 9.17) is 28.4 Å². The lowest BCUT2D eigenvalue weighted by molar-refractivity contribution is -0.386. The van der Waals surface area contributed by atoms with E-state index in [2.05, 4.69) is 54.5 Å². The highest BCUT2D eigenvalue weighted by Gasteiger charge is 2.70. The first-order chi connectivity index (χ1) is 29.3. The summed E-state index contributed by atoms with van der Waals surface area (Å²) in [5.41, 5.74) is -0.342. The van der Waals surface area contributed by atoms with E-state index >= 15 is 0 Å². The van der Waals surface area contributed by atoms with E-state index in [0.717, 1.165) is 44.9 Å². The number of carboxylic acids is 2. The zero-order valence-corrected chi connectivity index (χ0v) is 37.7. The predicted molar refractivity (Wildman–Crippen MR) is 219 cm³/mol.